The SMILES string of the molecule is C=C(C)[C@@H]1CC[C@]2(C(=O)CC(=O)OC)CC[C@]3(C)C(CCC4[C@@]5(C)CC[C@H](O)C(C)(C)C5CC[C@]43C)C12. The number of hydrogen-bond donors (Lipinski definition) is 1. The molecule has 0 aliphatic heterocycles. The van der Waals surface area contributed by atoms with Crippen LogP contribution in [0.1, 0.15) is 112 Å². The van der Waals surface area contributed by atoms with Crippen molar-refractivity contribution >= 4 is 11.8 Å². The van der Waals surface area contributed by atoms with Crippen LogP contribution in [0.2, 0.25) is 0 Å². The van der Waals surface area contributed by atoms with Crippen LogP contribution < -0.4 is 0 Å². The van der Waals surface area contributed by atoms with Crippen molar-refractivity contribution in [1.82, 2.24) is 0 Å². The van der Waals surface area contributed by atoms with E-state index in [4.69, 9.17) is 4.74 Å². The van der Waals surface area contributed by atoms with Gasteiger partial charge in [0.25, 0.3) is 0 Å². The van der Waals surface area contributed by atoms with Gasteiger partial charge in [-0.05, 0) is 122 Å². The van der Waals surface area contributed by atoms with Gasteiger partial charge in [-0.2, -0.15) is 0 Å². The molecule has 1 N–H and O–H groups in total. The van der Waals surface area contributed by atoms with Crippen molar-refractivity contribution in [2.45, 2.75) is 118 Å². The van der Waals surface area contributed by atoms with Gasteiger partial charge in [0.15, 0.2) is 0 Å². The van der Waals surface area contributed by atoms with Gasteiger partial charge in [0, 0.05) is 5.41 Å². The third kappa shape index (κ3) is 3.48. The molecule has 0 heterocycles. The highest BCUT2D eigenvalue weighted by Gasteiger charge is 2.71. The molecule has 5 saturated carbocycles. The van der Waals surface area contributed by atoms with Crippen LogP contribution in [0.15, 0.2) is 12.2 Å². The minimum Gasteiger partial charge on any atom is -0.469 e. The molecule has 5 rings (SSSR count). The van der Waals surface area contributed by atoms with Crippen LogP contribution in [-0.4, -0.2) is 30.1 Å². The Labute approximate surface area is 225 Å². The summed E-state index contributed by atoms with van der Waals surface area (Å²) in [6, 6.07) is 0. The number of hydrogen-bond acceptors (Lipinski definition) is 4. The lowest BCUT2D eigenvalue weighted by Crippen LogP contribution is -2.67. The van der Waals surface area contributed by atoms with Gasteiger partial charge in [0.1, 0.15) is 12.2 Å². The third-order valence-corrected chi connectivity index (χ3v) is 14.1. The van der Waals surface area contributed by atoms with Crippen LogP contribution in [0.5, 0.6) is 0 Å². The van der Waals surface area contributed by atoms with Gasteiger partial charge in [-0.15, -0.1) is 0 Å². The highest BCUT2D eigenvalue weighted by molar-refractivity contribution is 5.99. The summed E-state index contributed by atoms with van der Waals surface area (Å²) in [6.45, 7) is 19.0. The molecule has 10 atom stereocenters. The summed E-state index contributed by atoms with van der Waals surface area (Å²) in [5.74, 6) is 2.07. The van der Waals surface area contributed by atoms with E-state index >= 15 is 0 Å². The molecule has 37 heavy (non-hydrogen) atoms. The van der Waals surface area contributed by atoms with Gasteiger partial charge in [-0.3, -0.25) is 9.59 Å². The van der Waals surface area contributed by atoms with Crippen LogP contribution in [0.4, 0.5) is 0 Å². The Morgan fingerprint density at radius 1 is 0.865 bits per heavy atom. The van der Waals surface area contributed by atoms with E-state index in [0.29, 0.717) is 23.7 Å². The zero-order chi connectivity index (χ0) is 27.2. The van der Waals surface area contributed by atoms with Gasteiger partial charge >= 0.3 is 5.97 Å². The molecule has 0 aromatic rings. The topological polar surface area (TPSA) is 63.6 Å². The number of fused-ring (bicyclic) bond motifs is 7. The van der Waals surface area contributed by atoms with Gasteiger partial charge in [0.05, 0.1) is 13.2 Å². The summed E-state index contributed by atoms with van der Waals surface area (Å²) in [6.07, 6.45) is 10.4. The minimum absolute atomic E-state index is 0.0371. The molecule has 0 aromatic heterocycles. The zero-order valence-electron chi connectivity index (χ0n) is 24.6. The molecular formula is C33H52O4. The number of esters is 1. The molecule has 0 saturated heterocycles. The zero-order valence-corrected chi connectivity index (χ0v) is 24.6. The highest BCUT2D eigenvalue weighted by Crippen LogP contribution is 2.77. The molecule has 4 heteroatoms. The lowest BCUT2D eigenvalue weighted by molar-refractivity contribution is -0.246. The second kappa shape index (κ2) is 8.67. The first-order chi connectivity index (χ1) is 17.2. The molecule has 5 fully saturated rings. The fraction of sp³-hybridized carbons (Fsp3) is 0.879. The van der Waals surface area contributed by atoms with Gasteiger partial charge in [-0.25, -0.2) is 0 Å². The van der Waals surface area contributed by atoms with Crippen molar-refractivity contribution in [2.24, 2.45) is 56.7 Å². The Morgan fingerprint density at radius 2 is 1.57 bits per heavy atom. The number of Topliss-reactive ketones (excluding diaryl/α,β-unsaturated/α-hetero) is 1. The van der Waals surface area contributed by atoms with Crippen LogP contribution in [-0.2, 0) is 14.3 Å². The molecular weight excluding hydrogens is 460 g/mol. The van der Waals surface area contributed by atoms with Crippen molar-refractivity contribution in [3.63, 3.8) is 0 Å². The van der Waals surface area contributed by atoms with Crippen molar-refractivity contribution in [3.05, 3.63) is 12.2 Å². The summed E-state index contributed by atoms with van der Waals surface area (Å²) in [5.41, 5.74) is 1.42. The number of aliphatic hydroxyl groups is 1. The molecule has 4 nitrogen and oxygen atoms in total. The van der Waals surface area contributed by atoms with E-state index in [1.54, 1.807) is 0 Å². The number of carbonyl (C=O) groups is 2. The number of methoxy groups -OCH3 is 1. The number of allylic oxidation sites excluding steroid dienone is 1. The van der Waals surface area contributed by atoms with Gasteiger partial charge in [0.2, 0.25) is 0 Å². The van der Waals surface area contributed by atoms with E-state index in [1.165, 1.54) is 38.4 Å². The molecule has 0 bridgehead atoms. The molecule has 0 aromatic carbocycles. The Hall–Kier alpha value is -1.16. The smallest absolute Gasteiger partial charge is 0.313 e. The Kier molecular flexibility index (Phi) is 6.42. The molecule has 5 aliphatic carbocycles. The van der Waals surface area contributed by atoms with Crippen molar-refractivity contribution in [2.75, 3.05) is 7.11 Å². The third-order valence-electron chi connectivity index (χ3n) is 14.1. The van der Waals surface area contributed by atoms with Crippen LogP contribution >= 0.6 is 0 Å². The molecule has 208 valence electrons. The first-order valence-corrected chi connectivity index (χ1v) is 15.1. The normalized spacial score (nSPS) is 50.2. The van der Waals surface area contributed by atoms with E-state index < -0.39 is 11.4 Å². The number of carbonyl (C=O) groups excluding carboxylic acids is 2. The summed E-state index contributed by atoms with van der Waals surface area (Å²) in [4.78, 5) is 26.1. The van der Waals surface area contributed by atoms with E-state index in [1.807, 2.05) is 0 Å². The second-order valence-electron chi connectivity index (χ2n) is 15.4. The Bertz CT molecular complexity index is 983. The predicted octanol–water partition coefficient (Wildman–Crippen LogP) is 7.14. The van der Waals surface area contributed by atoms with Gasteiger partial charge < -0.3 is 9.84 Å². The predicted molar refractivity (Wildman–Crippen MR) is 147 cm³/mol. The number of aliphatic hydroxyl groups excluding tert-OH is 1. The molecule has 4 unspecified atom stereocenters. The van der Waals surface area contributed by atoms with E-state index in [0.717, 1.165) is 38.5 Å². The van der Waals surface area contributed by atoms with Gasteiger partial charge in [-0.1, -0.05) is 46.8 Å². The molecule has 0 amide bonds. The van der Waals surface area contributed by atoms with Crippen LogP contribution in [0.3, 0.4) is 0 Å². The lowest BCUT2D eigenvalue weighted by Gasteiger charge is -2.72. The van der Waals surface area contributed by atoms with E-state index in [-0.39, 0.29) is 45.9 Å². The molecule has 5 aliphatic rings. The van der Waals surface area contributed by atoms with Crippen molar-refractivity contribution < 1.29 is 19.4 Å². The summed E-state index contributed by atoms with van der Waals surface area (Å²) < 4.78 is 4.93. The Balaban J connectivity index is 1.54. The number of rotatable bonds is 4. The minimum atomic E-state index is -0.400. The monoisotopic (exact) mass is 512 g/mol. The fourth-order valence-electron chi connectivity index (χ4n) is 12.0. The largest absolute Gasteiger partial charge is 0.469 e. The standard InChI is InChI=1S/C33H52O4/c1-20(2)21-11-16-33(26(35)19-27(36)37-8)18-17-31(6)22(28(21)33)9-10-24-30(5)14-13-25(34)29(3,4)23(30)12-15-32(24,31)7/h21-25,28,34H,1,9-19H2,2-8H3/t21-,22?,23?,24?,25-,28?,30-,31+,32+,33+/m0/s1. The molecule has 0 radical (unpaired) electrons. The fourth-order valence-corrected chi connectivity index (χ4v) is 12.0. The average molecular weight is 513 g/mol. The van der Waals surface area contributed by atoms with Crippen molar-refractivity contribution in [3.8, 4) is 0 Å². The van der Waals surface area contributed by atoms with E-state index in [9.17, 15) is 14.7 Å². The second-order valence-corrected chi connectivity index (χ2v) is 15.4. The maximum atomic E-state index is 13.9. The quantitative estimate of drug-likeness (QED) is 0.247. The first kappa shape index (κ1) is 27.4. The summed E-state index contributed by atoms with van der Waals surface area (Å²) in [5, 5.41) is 11.0. The Morgan fingerprint density at radius 3 is 2.22 bits per heavy atom. The average Bonchev–Trinajstić information content (AvgIpc) is 3.23. The maximum absolute atomic E-state index is 13.9. The molecule has 0 spiro atoms. The van der Waals surface area contributed by atoms with Crippen LogP contribution in [0.25, 0.3) is 0 Å². The first-order valence-electron chi connectivity index (χ1n) is 15.1. The highest BCUT2D eigenvalue weighted by atomic mass is 16.5. The van der Waals surface area contributed by atoms with E-state index in [2.05, 4.69) is 48.1 Å². The summed E-state index contributed by atoms with van der Waals surface area (Å²) >= 11 is 0. The van der Waals surface area contributed by atoms with Crippen LogP contribution in [0, 0.1) is 56.7 Å². The number of ketones is 1. The maximum Gasteiger partial charge on any atom is 0.313 e. The summed E-state index contributed by atoms with van der Waals surface area (Å²) in [7, 11) is 1.39. The van der Waals surface area contributed by atoms with Crippen molar-refractivity contribution in [1.29, 1.82) is 0 Å². The number of ether oxygens (including phenoxy) is 1. The lowest BCUT2D eigenvalue weighted by atomic mass is 9.32.